The van der Waals surface area contributed by atoms with Crippen LogP contribution in [0.5, 0.6) is 0 Å². The minimum absolute atomic E-state index is 0.116. The first-order valence-corrected chi connectivity index (χ1v) is 15.1. The molecule has 0 bridgehead atoms. The predicted octanol–water partition coefficient (Wildman–Crippen LogP) is 5.02. The van der Waals surface area contributed by atoms with Crippen molar-refractivity contribution in [3.8, 4) is 5.69 Å². The molecule has 0 spiro atoms. The molecule has 2 atom stereocenters. The summed E-state index contributed by atoms with van der Waals surface area (Å²) in [4.78, 5) is 58.5. The molecule has 45 heavy (non-hydrogen) atoms. The van der Waals surface area contributed by atoms with E-state index in [4.69, 9.17) is 28.2 Å². The number of carbonyl (C=O) groups is 3. The molecule has 10 nitrogen and oxygen atoms in total. The minimum Gasteiger partial charge on any atom is -0.355 e. The maximum absolute atomic E-state index is 14.2. The van der Waals surface area contributed by atoms with Crippen LogP contribution in [0.2, 0.25) is 10.0 Å². The van der Waals surface area contributed by atoms with Crippen molar-refractivity contribution in [2.45, 2.75) is 38.9 Å². The first kappa shape index (κ1) is 31.7. The van der Waals surface area contributed by atoms with Gasteiger partial charge in [-0.15, -0.1) is 0 Å². The van der Waals surface area contributed by atoms with Crippen molar-refractivity contribution in [1.82, 2.24) is 25.1 Å². The summed E-state index contributed by atoms with van der Waals surface area (Å²) in [5.41, 5.74) is 3.45. The SMILES string of the molecule is CNC(=O)c1ccc([C@@H](C)Nc2nc3c(c(=O)n2-c2ccc(C(=O)NC)cc2)C[C@@H](C)N(C(=O)c2ccc(Cl)c(Cl)c2)C3)cc1. The molecule has 5 rings (SSSR count). The lowest BCUT2D eigenvalue weighted by molar-refractivity contribution is 0.0653. The number of amides is 3. The number of nitrogens with one attached hydrogen (secondary N) is 3. The summed E-state index contributed by atoms with van der Waals surface area (Å²) in [6, 6.07) is 17.9. The Balaban J connectivity index is 1.55. The Morgan fingerprint density at radius 1 is 0.867 bits per heavy atom. The number of halogens is 2. The van der Waals surface area contributed by atoms with Gasteiger partial charge in [0.25, 0.3) is 23.3 Å². The Morgan fingerprint density at radius 3 is 2.02 bits per heavy atom. The highest BCUT2D eigenvalue weighted by atomic mass is 35.5. The summed E-state index contributed by atoms with van der Waals surface area (Å²) in [6.07, 6.45) is 0.293. The van der Waals surface area contributed by atoms with Gasteiger partial charge in [0.05, 0.1) is 34.0 Å². The molecule has 0 unspecified atom stereocenters. The van der Waals surface area contributed by atoms with E-state index < -0.39 is 0 Å². The fourth-order valence-electron chi connectivity index (χ4n) is 5.31. The molecule has 0 radical (unpaired) electrons. The van der Waals surface area contributed by atoms with Crippen LogP contribution in [0.15, 0.2) is 71.5 Å². The molecule has 3 N–H and O–H groups in total. The number of carbonyl (C=O) groups excluding carboxylic acids is 3. The second-order valence-electron chi connectivity index (χ2n) is 10.8. The highest BCUT2D eigenvalue weighted by molar-refractivity contribution is 6.42. The van der Waals surface area contributed by atoms with Gasteiger partial charge in [0.2, 0.25) is 5.95 Å². The van der Waals surface area contributed by atoms with Gasteiger partial charge in [-0.2, -0.15) is 0 Å². The number of anilines is 1. The summed E-state index contributed by atoms with van der Waals surface area (Å²) in [6.45, 7) is 3.92. The van der Waals surface area contributed by atoms with Crippen molar-refractivity contribution in [3.05, 3.63) is 121 Å². The van der Waals surface area contributed by atoms with Gasteiger partial charge in [-0.25, -0.2) is 9.55 Å². The first-order chi connectivity index (χ1) is 21.5. The lowest BCUT2D eigenvalue weighted by Crippen LogP contribution is -2.46. The lowest BCUT2D eigenvalue weighted by Gasteiger charge is -2.35. The van der Waals surface area contributed by atoms with Crippen molar-refractivity contribution >= 4 is 46.9 Å². The Kier molecular flexibility index (Phi) is 9.27. The molecule has 4 aromatic rings. The van der Waals surface area contributed by atoms with Crippen molar-refractivity contribution < 1.29 is 14.4 Å². The van der Waals surface area contributed by atoms with Crippen LogP contribution in [-0.4, -0.2) is 52.3 Å². The highest BCUT2D eigenvalue weighted by Gasteiger charge is 2.32. The van der Waals surface area contributed by atoms with Crippen LogP contribution in [0.4, 0.5) is 5.95 Å². The minimum atomic E-state index is -0.318. The molecule has 1 aliphatic heterocycles. The van der Waals surface area contributed by atoms with E-state index in [0.717, 1.165) is 5.56 Å². The number of benzene rings is 3. The van der Waals surface area contributed by atoms with Crippen molar-refractivity contribution in [3.63, 3.8) is 0 Å². The number of nitrogens with zero attached hydrogens (tertiary/aromatic N) is 3. The maximum atomic E-state index is 14.2. The van der Waals surface area contributed by atoms with Crippen LogP contribution in [0.3, 0.4) is 0 Å². The largest absolute Gasteiger partial charge is 0.355 e. The van der Waals surface area contributed by atoms with Gasteiger partial charge in [0.15, 0.2) is 0 Å². The number of hydrogen-bond acceptors (Lipinski definition) is 6. The third kappa shape index (κ3) is 6.43. The van der Waals surface area contributed by atoms with E-state index in [2.05, 4.69) is 16.0 Å². The molecule has 12 heteroatoms. The van der Waals surface area contributed by atoms with Crippen LogP contribution < -0.4 is 21.5 Å². The van der Waals surface area contributed by atoms with E-state index in [-0.39, 0.29) is 52.9 Å². The standard InChI is InChI=1S/C33H32Cl2N6O4/c1-18-15-25-28(17-40(18)31(44)23-11-14-26(34)27(35)16-23)39-33(38-19(2)20-5-7-21(8-6-20)29(42)36-3)41(32(25)45)24-12-9-22(10-13-24)30(43)37-4/h5-14,16,18-19H,15,17H2,1-4H3,(H,36,42)(H,37,43)(H,38,39)/t18-,19-/m1/s1. The fourth-order valence-corrected chi connectivity index (χ4v) is 5.61. The molecule has 3 amide bonds. The number of fused-ring (bicyclic) bond motifs is 1. The Bertz CT molecular complexity index is 1840. The average molecular weight is 648 g/mol. The smallest absolute Gasteiger partial charge is 0.263 e. The van der Waals surface area contributed by atoms with Gasteiger partial charge in [0, 0.05) is 42.4 Å². The van der Waals surface area contributed by atoms with Gasteiger partial charge in [0.1, 0.15) is 0 Å². The molecule has 0 saturated carbocycles. The second-order valence-corrected chi connectivity index (χ2v) is 11.6. The molecule has 0 saturated heterocycles. The average Bonchev–Trinajstić information content (AvgIpc) is 3.05. The van der Waals surface area contributed by atoms with Crippen molar-refractivity contribution in [1.29, 1.82) is 0 Å². The number of rotatable bonds is 7. The number of aromatic nitrogens is 2. The molecule has 232 valence electrons. The molecule has 2 heterocycles. The van der Waals surface area contributed by atoms with Crippen LogP contribution in [-0.2, 0) is 13.0 Å². The van der Waals surface area contributed by atoms with Crippen molar-refractivity contribution in [2.24, 2.45) is 0 Å². The fraction of sp³-hybridized carbons (Fsp3) is 0.242. The van der Waals surface area contributed by atoms with Gasteiger partial charge >= 0.3 is 0 Å². The van der Waals surface area contributed by atoms with E-state index in [1.165, 1.54) is 10.6 Å². The Labute approximate surface area is 270 Å². The topological polar surface area (TPSA) is 125 Å². The van der Waals surface area contributed by atoms with Crippen LogP contribution in [0.25, 0.3) is 5.69 Å². The Hall–Kier alpha value is -4.67. The van der Waals surface area contributed by atoms with Gasteiger partial charge in [-0.3, -0.25) is 19.2 Å². The van der Waals surface area contributed by atoms with E-state index in [1.54, 1.807) is 67.5 Å². The highest BCUT2D eigenvalue weighted by Crippen LogP contribution is 2.28. The number of hydrogen-bond donors (Lipinski definition) is 3. The zero-order chi connectivity index (χ0) is 32.4. The third-order valence-electron chi connectivity index (χ3n) is 7.90. The quantitative estimate of drug-likeness (QED) is 0.259. The molecule has 0 fully saturated rings. The summed E-state index contributed by atoms with van der Waals surface area (Å²) < 4.78 is 1.49. The zero-order valence-corrected chi connectivity index (χ0v) is 26.7. The van der Waals surface area contributed by atoms with Gasteiger partial charge < -0.3 is 20.9 Å². The van der Waals surface area contributed by atoms with Crippen LogP contribution in [0.1, 0.15) is 67.8 Å². The second kappa shape index (κ2) is 13.1. The molecule has 1 aliphatic rings. The lowest BCUT2D eigenvalue weighted by atomic mass is 9.98. The zero-order valence-electron chi connectivity index (χ0n) is 25.2. The monoisotopic (exact) mass is 646 g/mol. The Morgan fingerprint density at radius 2 is 1.44 bits per heavy atom. The first-order valence-electron chi connectivity index (χ1n) is 14.3. The van der Waals surface area contributed by atoms with E-state index in [9.17, 15) is 19.2 Å². The summed E-state index contributed by atoms with van der Waals surface area (Å²) in [7, 11) is 3.12. The maximum Gasteiger partial charge on any atom is 0.263 e. The molecule has 1 aromatic heterocycles. The van der Waals surface area contributed by atoms with Crippen LogP contribution in [0, 0.1) is 0 Å². The van der Waals surface area contributed by atoms with E-state index >= 15 is 0 Å². The summed E-state index contributed by atoms with van der Waals surface area (Å²) >= 11 is 12.3. The third-order valence-corrected chi connectivity index (χ3v) is 8.64. The van der Waals surface area contributed by atoms with Crippen molar-refractivity contribution in [2.75, 3.05) is 19.4 Å². The normalized spacial score (nSPS) is 14.7. The molecular formula is C33H32Cl2N6O4. The molecular weight excluding hydrogens is 615 g/mol. The van der Waals surface area contributed by atoms with Gasteiger partial charge in [-0.05, 0) is 80.4 Å². The molecule has 0 aliphatic carbocycles. The summed E-state index contributed by atoms with van der Waals surface area (Å²) in [5, 5.41) is 9.20. The van der Waals surface area contributed by atoms with E-state index in [0.29, 0.717) is 45.1 Å². The van der Waals surface area contributed by atoms with E-state index in [1.807, 2.05) is 26.0 Å². The summed E-state index contributed by atoms with van der Waals surface area (Å²) in [5.74, 6) is -0.417. The molecule has 3 aromatic carbocycles. The van der Waals surface area contributed by atoms with Gasteiger partial charge in [-0.1, -0.05) is 35.3 Å². The van der Waals surface area contributed by atoms with Crippen LogP contribution >= 0.6 is 23.2 Å². The predicted molar refractivity (Wildman–Crippen MR) is 175 cm³/mol.